The number of rotatable bonds is 9. The molecule has 0 radical (unpaired) electrons. The summed E-state index contributed by atoms with van der Waals surface area (Å²) in [6, 6.07) is 1.16. The van der Waals surface area contributed by atoms with Crippen LogP contribution in [0.2, 0.25) is 0 Å². The fourth-order valence-electron chi connectivity index (χ4n) is 1.75. The molecule has 2 nitrogen and oxygen atoms in total. The summed E-state index contributed by atoms with van der Waals surface area (Å²) in [7, 11) is 0. The summed E-state index contributed by atoms with van der Waals surface area (Å²) in [6.45, 7) is 7.01. The van der Waals surface area contributed by atoms with E-state index in [2.05, 4.69) is 26.1 Å². The first-order valence-corrected chi connectivity index (χ1v) is 6.07. The van der Waals surface area contributed by atoms with Crippen LogP contribution in [0.1, 0.15) is 59.3 Å². The highest BCUT2D eigenvalue weighted by atomic mass is 16.2. The summed E-state index contributed by atoms with van der Waals surface area (Å²) in [4.78, 5) is 0. The molecule has 0 spiro atoms. The van der Waals surface area contributed by atoms with E-state index in [1.54, 1.807) is 0 Å². The van der Waals surface area contributed by atoms with Crippen LogP contribution in [0.15, 0.2) is 0 Å². The van der Waals surface area contributed by atoms with E-state index in [0.29, 0.717) is 18.7 Å². The molecule has 0 aliphatic carbocycles. The van der Waals surface area contributed by atoms with Crippen molar-refractivity contribution in [3.05, 3.63) is 0 Å². The third kappa shape index (κ3) is 8.52. The Bertz CT molecular complexity index is 117. The minimum Gasteiger partial charge on any atom is -0.396 e. The van der Waals surface area contributed by atoms with Gasteiger partial charge in [-0.05, 0) is 33.1 Å². The summed E-state index contributed by atoms with van der Waals surface area (Å²) in [5.74, 6) is 0. The Kier molecular flexibility index (Phi) is 9.42. The summed E-state index contributed by atoms with van der Waals surface area (Å²) >= 11 is 0. The third-order valence-corrected chi connectivity index (χ3v) is 2.60. The van der Waals surface area contributed by atoms with Crippen molar-refractivity contribution in [2.75, 3.05) is 6.61 Å². The molecule has 2 N–H and O–H groups in total. The van der Waals surface area contributed by atoms with E-state index in [1.807, 2.05) is 0 Å². The number of unbranched alkanes of at least 4 members (excludes halogenated alkanes) is 2. The summed E-state index contributed by atoms with van der Waals surface area (Å²) in [6.07, 6.45) is 7.24. The number of hydrogen-bond acceptors (Lipinski definition) is 2. The highest BCUT2D eigenvalue weighted by Crippen LogP contribution is 2.05. The lowest BCUT2D eigenvalue weighted by atomic mass is 10.1. The molecule has 0 aliphatic rings. The van der Waals surface area contributed by atoms with Crippen LogP contribution in [0.3, 0.4) is 0 Å². The quantitative estimate of drug-likeness (QED) is 0.562. The molecule has 0 saturated carbocycles. The smallest absolute Gasteiger partial charge is 0.0431 e. The molecular formula is C12H27NO. The lowest BCUT2D eigenvalue weighted by Gasteiger charge is -2.19. The van der Waals surface area contributed by atoms with Crippen LogP contribution < -0.4 is 5.32 Å². The predicted molar refractivity (Wildman–Crippen MR) is 62.5 cm³/mol. The zero-order valence-electron chi connectivity index (χ0n) is 10.1. The highest BCUT2D eigenvalue weighted by molar-refractivity contribution is 4.67. The van der Waals surface area contributed by atoms with Crippen molar-refractivity contribution in [1.82, 2.24) is 5.32 Å². The van der Waals surface area contributed by atoms with Crippen molar-refractivity contribution in [2.45, 2.75) is 71.4 Å². The van der Waals surface area contributed by atoms with Gasteiger partial charge in [0.2, 0.25) is 0 Å². The summed E-state index contributed by atoms with van der Waals surface area (Å²) < 4.78 is 0. The lowest BCUT2D eigenvalue weighted by Crippen LogP contribution is -2.34. The van der Waals surface area contributed by atoms with Crippen molar-refractivity contribution < 1.29 is 5.11 Å². The number of aliphatic hydroxyl groups excluding tert-OH is 1. The first kappa shape index (κ1) is 13.9. The molecule has 0 aromatic carbocycles. The topological polar surface area (TPSA) is 32.3 Å². The van der Waals surface area contributed by atoms with E-state index in [0.717, 1.165) is 12.8 Å². The second-order valence-electron chi connectivity index (χ2n) is 4.33. The van der Waals surface area contributed by atoms with Crippen LogP contribution in [0, 0.1) is 0 Å². The minimum absolute atomic E-state index is 0.316. The fourth-order valence-corrected chi connectivity index (χ4v) is 1.75. The fraction of sp³-hybridized carbons (Fsp3) is 1.00. The molecule has 14 heavy (non-hydrogen) atoms. The van der Waals surface area contributed by atoms with E-state index in [4.69, 9.17) is 5.11 Å². The Hall–Kier alpha value is -0.0800. The molecule has 0 aromatic rings. The monoisotopic (exact) mass is 201 g/mol. The molecule has 2 atom stereocenters. The molecule has 0 heterocycles. The lowest BCUT2D eigenvalue weighted by molar-refractivity contribution is 0.273. The maximum atomic E-state index is 8.69. The standard InChI is InChI=1S/C12H27NO/c1-4-5-6-8-11(2)13-12(3)9-7-10-14/h11-14H,4-10H2,1-3H3/t11-,12+/m1/s1. The first-order chi connectivity index (χ1) is 6.70. The van der Waals surface area contributed by atoms with Gasteiger partial charge in [-0.1, -0.05) is 26.2 Å². The molecule has 0 aliphatic heterocycles. The average molecular weight is 201 g/mol. The van der Waals surface area contributed by atoms with Crippen molar-refractivity contribution in [3.63, 3.8) is 0 Å². The van der Waals surface area contributed by atoms with Crippen LogP contribution in [0.4, 0.5) is 0 Å². The molecule has 0 aromatic heterocycles. The Labute approximate surface area is 89.1 Å². The van der Waals surface area contributed by atoms with Crippen LogP contribution in [-0.2, 0) is 0 Å². The van der Waals surface area contributed by atoms with E-state index < -0.39 is 0 Å². The van der Waals surface area contributed by atoms with Gasteiger partial charge < -0.3 is 10.4 Å². The molecule has 0 bridgehead atoms. The van der Waals surface area contributed by atoms with Crippen molar-refractivity contribution in [1.29, 1.82) is 0 Å². The second kappa shape index (κ2) is 9.47. The molecule has 0 amide bonds. The molecule has 2 heteroatoms. The number of hydrogen-bond donors (Lipinski definition) is 2. The Balaban J connectivity index is 3.35. The SMILES string of the molecule is CCCCC[C@@H](C)N[C@@H](C)CCCO. The molecule has 0 rings (SSSR count). The molecule has 0 fully saturated rings. The molecular weight excluding hydrogens is 174 g/mol. The van der Waals surface area contributed by atoms with Gasteiger partial charge in [0.05, 0.1) is 0 Å². The summed E-state index contributed by atoms with van der Waals surface area (Å²) in [5, 5.41) is 12.3. The maximum absolute atomic E-state index is 8.69. The highest BCUT2D eigenvalue weighted by Gasteiger charge is 2.06. The van der Waals surface area contributed by atoms with Crippen molar-refractivity contribution in [2.24, 2.45) is 0 Å². The maximum Gasteiger partial charge on any atom is 0.0431 e. The van der Waals surface area contributed by atoms with E-state index >= 15 is 0 Å². The Morgan fingerprint density at radius 2 is 1.57 bits per heavy atom. The Morgan fingerprint density at radius 3 is 2.07 bits per heavy atom. The van der Waals surface area contributed by atoms with Gasteiger partial charge in [0.15, 0.2) is 0 Å². The zero-order valence-corrected chi connectivity index (χ0v) is 10.1. The largest absolute Gasteiger partial charge is 0.396 e. The Morgan fingerprint density at radius 1 is 1.00 bits per heavy atom. The van der Waals surface area contributed by atoms with Gasteiger partial charge in [-0.25, -0.2) is 0 Å². The minimum atomic E-state index is 0.316. The van der Waals surface area contributed by atoms with Gasteiger partial charge in [0, 0.05) is 18.7 Å². The van der Waals surface area contributed by atoms with Crippen LogP contribution in [-0.4, -0.2) is 23.8 Å². The van der Waals surface area contributed by atoms with Gasteiger partial charge in [0.1, 0.15) is 0 Å². The first-order valence-electron chi connectivity index (χ1n) is 6.07. The van der Waals surface area contributed by atoms with Crippen LogP contribution >= 0.6 is 0 Å². The van der Waals surface area contributed by atoms with E-state index in [9.17, 15) is 0 Å². The van der Waals surface area contributed by atoms with Gasteiger partial charge in [0.25, 0.3) is 0 Å². The summed E-state index contributed by atoms with van der Waals surface area (Å²) in [5.41, 5.74) is 0. The van der Waals surface area contributed by atoms with E-state index in [-0.39, 0.29) is 0 Å². The number of nitrogens with one attached hydrogen (secondary N) is 1. The zero-order chi connectivity index (χ0) is 10.8. The average Bonchev–Trinajstić information content (AvgIpc) is 2.15. The van der Waals surface area contributed by atoms with E-state index in [1.165, 1.54) is 25.7 Å². The molecule has 0 unspecified atom stereocenters. The van der Waals surface area contributed by atoms with Gasteiger partial charge in [-0.15, -0.1) is 0 Å². The van der Waals surface area contributed by atoms with Crippen molar-refractivity contribution >= 4 is 0 Å². The third-order valence-electron chi connectivity index (χ3n) is 2.60. The normalized spacial score (nSPS) is 15.4. The number of aliphatic hydroxyl groups is 1. The molecule has 86 valence electrons. The van der Waals surface area contributed by atoms with Crippen LogP contribution in [0.25, 0.3) is 0 Å². The van der Waals surface area contributed by atoms with Gasteiger partial charge in [-0.3, -0.25) is 0 Å². The van der Waals surface area contributed by atoms with Gasteiger partial charge in [-0.2, -0.15) is 0 Å². The van der Waals surface area contributed by atoms with Crippen molar-refractivity contribution in [3.8, 4) is 0 Å². The predicted octanol–water partition coefficient (Wildman–Crippen LogP) is 2.71. The van der Waals surface area contributed by atoms with Crippen LogP contribution in [0.5, 0.6) is 0 Å². The van der Waals surface area contributed by atoms with Gasteiger partial charge >= 0.3 is 0 Å². The second-order valence-corrected chi connectivity index (χ2v) is 4.33. The molecule has 0 saturated heterocycles.